The quantitative estimate of drug-likeness (QED) is 0.769. The Hall–Kier alpha value is -2.57. The molecule has 7 nitrogen and oxygen atoms in total. The summed E-state index contributed by atoms with van der Waals surface area (Å²) in [5, 5.41) is 2.68. The van der Waals surface area contributed by atoms with E-state index in [1.54, 1.807) is 19.1 Å². The van der Waals surface area contributed by atoms with Crippen LogP contribution in [0.2, 0.25) is 0 Å². The fourth-order valence-corrected chi connectivity index (χ4v) is 1.65. The first-order chi connectivity index (χ1) is 9.70. The number of nitrogens with one attached hydrogen (secondary N) is 2. The predicted octanol–water partition coefficient (Wildman–Crippen LogP) is 1.04. The maximum atomic E-state index is 11.7. The summed E-state index contributed by atoms with van der Waals surface area (Å²) < 4.78 is 9.95. The number of carbonyl (C=O) groups is 2. The van der Waals surface area contributed by atoms with E-state index in [2.05, 4.69) is 15.3 Å². The van der Waals surface area contributed by atoms with E-state index >= 15 is 0 Å². The van der Waals surface area contributed by atoms with Gasteiger partial charge in [-0.25, -0.2) is 9.78 Å². The van der Waals surface area contributed by atoms with Gasteiger partial charge in [0.2, 0.25) is 5.91 Å². The van der Waals surface area contributed by atoms with Crippen molar-refractivity contribution in [1.29, 1.82) is 0 Å². The molecule has 2 heterocycles. The van der Waals surface area contributed by atoms with Crippen molar-refractivity contribution in [3.8, 4) is 0 Å². The highest BCUT2D eigenvalue weighted by Crippen LogP contribution is 2.05. The summed E-state index contributed by atoms with van der Waals surface area (Å²) >= 11 is 0. The molecule has 0 aliphatic carbocycles. The monoisotopic (exact) mass is 277 g/mol. The summed E-state index contributed by atoms with van der Waals surface area (Å²) in [6, 6.07) is 3.44. The predicted molar refractivity (Wildman–Crippen MR) is 68.8 cm³/mol. The third-order valence-electron chi connectivity index (χ3n) is 2.56. The summed E-state index contributed by atoms with van der Waals surface area (Å²) in [6.45, 7) is 2.17. The number of amides is 1. The minimum absolute atomic E-state index is 0.149. The van der Waals surface area contributed by atoms with Crippen LogP contribution in [0.15, 0.2) is 29.1 Å². The molecule has 0 aromatic carbocycles. The molecule has 0 radical (unpaired) electrons. The topological polar surface area (TPSA) is 97.2 Å². The van der Waals surface area contributed by atoms with Gasteiger partial charge in [-0.15, -0.1) is 0 Å². The summed E-state index contributed by atoms with van der Waals surface area (Å²) in [6.07, 6.45) is 3.05. The zero-order chi connectivity index (χ0) is 14.4. The molecule has 0 fully saturated rings. The van der Waals surface area contributed by atoms with E-state index in [1.807, 2.05) is 0 Å². The largest absolute Gasteiger partial charge is 0.469 e. The average Bonchev–Trinajstić information content (AvgIpc) is 3.07. The van der Waals surface area contributed by atoms with Crippen LogP contribution < -0.4 is 5.32 Å². The minimum Gasteiger partial charge on any atom is -0.469 e. The third-order valence-corrected chi connectivity index (χ3v) is 2.56. The van der Waals surface area contributed by atoms with Gasteiger partial charge in [0.25, 0.3) is 0 Å². The summed E-state index contributed by atoms with van der Waals surface area (Å²) in [7, 11) is 0. The van der Waals surface area contributed by atoms with E-state index in [4.69, 9.17) is 9.15 Å². The Morgan fingerprint density at radius 1 is 1.50 bits per heavy atom. The van der Waals surface area contributed by atoms with Crippen LogP contribution in [0.4, 0.5) is 0 Å². The Balaban J connectivity index is 1.89. The average molecular weight is 277 g/mol. The normalized spacial score (nSPS) is 10.2. The van der Waals surface area contributed by atoms with Gasteiger partial charge in [-0.3, -0.25) is 4.79 Å². The van der Waals surface area contributed by atoms with Gasteiger partial charge >= 0.3 is 5.97 Å². The van der Waals surface area contributed by atoms with E-state index in [0.29, 0.717) is 11.5 Å². The number of nitrogens with zero attached hydrogens (tertiary/aromatic N) is 1. The molecule has 0 aliphatic rings. The van der Waals surface area contributed by atoms with Gasteiger partial charge in [-0.05, 0) is 19.1 Å². The van der Waals surface area contributed by atoms with Gasteiger partial charge in [0.05, 0.1) is 37.9 Å². The lowest BCUT2D eigenvalue weighted by Gasteiger charge is -2.04. The number of aromatic nitrogens is 2. The molecule has 1 amide bonds. The molecule has 0 saturated heterocycles. The number of hydrogen-bond donors (Lipinski definition) is 2. The smallest absolute Gasteiger partial charge is 0.358 e. The Labute approximate surface area is 115 Å². The molecule has 0 atom stereocenters. The molecule has 2 aromatic rings. The third kappa shape index (κ3) is 3.47. The molecular weight excluding hydrogens is 262 g/mol. The van der Waals surface area contributed by atoms with Crippen molar-refractivity contribution in [3.63, 3.8) is 0 Å². The number of aromatic amines is 1. The molecule has 0 spiro atoms. The number of imidazole rings is 1. The van der Waals surface area contributed by atoms with Crippen LogP contribution >= 0.6 is 0 Å². The lowest BCUT2D eigenvalue weighted by Crippen LogP contribution is -2.25. The van der Waals surface area contributed by atoms with E-state index in [9.17, 15) is 9.59 Å². The molecule has 106 valence electrons. The number of rotatable bonds is 6. The van der Waals surface area contributed by atoms with Crippen molar-refractivity contribution in [2.75, 3.05) is 6.61 Å². The summed E-state index contributed by atoms with van der Waals surface area (Å²) in [5.74, 6) is -0.133. The van der Waals surface area contributed by atoms with Crippen molar-refractivity contribution in [3.05, 3.63) is 41.9 Å². The van der Waals surface area contributed by atoms with E-state index in [1.165, 1.54) is 12.6 Å². The lowest BCUT2D eigenvalue weighted by atomic mass is 10.3. The molecule has 0 aliphatic heterocycles. The second-order valence-electron chi connectivity index (χ2n) is 3.98. The van der Waals surface area contributed by atoms with Gasteiger partial charge < -0.3 is 19.5 Å². The Morgan fingerprint density at radius 2 is 2.35 bits per heavy atom. The lowest BCUT2D eigenvalue weighted by molar-refractivity contribution is -0.120. The molecule has 0 unspecified atom stereocenters. The van der Waals surface area contributed by atoms with Gasteiger partial charge in [-0.1, -0.05) is 0 Å². The van der Waals surface area contributed by atoms with Crippen LogP contribution in [0.5, 0.6) is 0 Å². The fraction of sp³-hybridized carbons (Fsp3) is 0.308. The molecule has 0 saturated carbocycles. The second-order valence-corrected chi connectivity index (χ2v) is 3.98. The van der Waals surface area contributed by atoms with Crippen molar-refractivity contribution in [1.82, 2.24) is 15.3 Å². The molecule has 7 heteroatoms. The first kappa shape index (κ1) is 13.9. The molecular formula is C13H15N3O4. The second kappa shape index (κ2) is 6.55. The molecule has 2 rings (SSSR count). The SMILES string of the molecule is CCOC(=O)c1nc[nH]c1CNC(=O)Cc1ccco1. The van der Waals surface area contributed by atoms with Gasteiger partial charge in [0.15, 0.2) is 5.69 Å². The number of furan rings is 1. The zero-order valence-electron chi connectivity index (χ0n) is 11.0. The Bertz CT molecular complexity index is 574. The highest BCUT2D eigenvalue weighted by molar-refractivity contribution is 5.88. The standard InChI is InChI=1S/C13H15N3O4/c1-2-19-13(18)12-10(15-8-16-12)7-14-11(17)6-9-4-3-5-20-9/h3-5,8H,2,6-7H2,1H3,(H,14,17)(H,15,16). The summed E-state index contributed by atoms with van der Waals surface area (Å²) in [5.41, 5.74) is 0.696. The zero-order valence-corrected chi connectivity index (χ0v) is 11.0. The number of hydrogen-bond acceptors (Lipinski definition) is 5. The van der Waals surface area contributed by atoms with Crippen LogP contribution in [0, 0.1) is 0 Å². The van der Waals surface area contributed by atoms with Crippen LogP contribution in [-0.2, 0) is 22.5 Å². The van der Waals surface area contributed by atoms with Crippen molar-refractivity contribution in [2.45, 2.75) is 19.9 Å². The Morgan fingerprint density at radius 3 is 3.05 bits per heavy atom. The molecule has 0 bridgehead atoms. The molecule has 20 heavy (non-hydrogen) atoms. The summed E-state index contributed by atoms with van der Waals surface area (Å²) in [4.78, 5) is 30.0. The van der Waals surface area contributed by atoms with Gasteiger partial charge in [0.1, 0.15) is 5.76 Å². The van der Waals surface area contributed by atoms with Crippen LogP contribution in [0.25, 0.3) is 0 Å². The highest BCUT2D eigenvalue weighted by atomic mass is 16.5. The first-order valence-electron chi connectivity index (χ1n) is 6.19. The molecule has 2 N–H and O–H groups in total. The van der Waals surface area contributed by atoms with E-state index in [0.717, 1.165) is 0 Å². The maximum Gasteiger partial charge on any atom is 0.358 e. The number of ether oxygens (including phenoxy) is 1. The van der Waals surface area contributed by atoms with Gasteiger partial charge in [0, 0.05) is 0 Å². The maximum absolute atomic E-state index is 11.7. The van der Waals surface area contributed by atoms with Crippen LogP contribution in [0.1, 0.15) is 28.9 Å². The fourth-order valence-electron chi connectivity index (χ4n) is 1.65. The number of H-pyrrole nitrogens is 1. The van der Waals surface area contributed by atoms with Crippen molar-refractivity contribution >= 4 is 11.9 Å². The Kier molecular flexibility index (Phi) is 4.54. The van der Waals surface area contributed by atoms with Crippen LogP contribution in [-0.4, -0.2) is 28.5 Å². The van der Waals surface area contributed by atoms with Crippen LogP contribution in [0.3, 0.4) is 0 Å². The van der Waals surface area contributed by atoms with E-state index in [-0.39, 0.29) is 31.2 Å². The minimum atomic E-state index is -0.510. The first-order valence-corrected chi connectivity index (χ1v) is 6.19. The van der Waals surface area contributed by atoms with E-state index < -0.39 is 5.97 Å². The highest BCUT2D eigenvalue weighted by Gasteiger charge is 2.16. The van der Waals surface area contributed by atoms with Crippen molar-refractivity contribution < 1.29 is 18.7 Å². The molecule has 2 aromatic heterocycles. The number of esters is 1. The van der Waals surface area contributed by atoms with Crippen molar-refractivity contribution in [2.24, 2.45) is 0 Å². The van der Waals surface area contributed by atoms with Gasteiger partial charge in [-0.2, -0.15) is 0 Å². The number of carbonyl (C=O) groups excluding carboxylic acids is 2.